The molecule has 172 valence electrons. The minimum Gasteiger partial charge on any atom is -0.379 e. The highest BCUT2D eigenvalue weighted by atomic mass is 35.5. The van der Waals surface area contributed by atoms with Crippen molar-refractivity contribution < 1.29 is 17.9 Å². The number of amides is 1. The second-order valence-electron chi connectivity index (χ2n) is 7.29. The van der Waals surface area contributed by atoms with E-state index < -0.39 is 9.84 Å². The predicted octanol–water partition coefficient (Wildman–Crippen LogP) is 3.75. The monoisotopic (exact) mass is 515 g/mol. The number of para-hydroxylation sites is 1. The molecule has 0 aliphatic carbocycles. The van der Waals surface area contributed by atoms with Crippen LogP contribution < -0.4 is 4.90 Å². The normalized spacial score (nSPS) is 14.8. The van der Waals surface area contributed by atoms with Crippen molar-refractivity contribution in [2.45, 2.75) is 4.90 Å². The number of carbonyl (C=O) groups is 1. The van der Waals surface area contributed by atoms with Crippen LogP contribution in [0, 0.1) is 0 Å². The van der Waals surface area contributed by atoms with E-state index in [2.05, 4.69) is 9.88 Å². The molecule has 0 N–H and O–H groups in total. The molecule has 0 radical (unpaired) electrons. The molecule has 0 spiro atoms. The Morgan fingerprint density at radius 1 is 1.22 bits per heavy atom. The number of morpholine rings is 1. The van der Waals surface area contributed by atoms with Gasteiger partial charge in [-0.05, 0) is 30.3 Å². The Morgan fingerprint density at radius 3 is 2.62 bits per heavy atom. The van der Waals surface area contributed by atoms with Gasteiger partial charge in [0, 0.05) is 43.0 Å². The molecule has 1 aromatic heterocycles. The zero-order valence-corrected chi connectivity index (χ0v) is 20.6. The molecule has 1 fully saturated rings. The van der Waals surface area contributed by atoms with Crippen LogP contribution in [-0.2, 0) is 14.6 Å². The van der Waals surface area contributed by atoms with E-state index in [4.69, 9.17) is 16.3 Å². The van der Waals surface area contributed by atoms with Crippen LogP contribution in [-0.4, -0.2) is 69.9 Å². The van der Waals surface area contributed by atoms with Crippen molar-refractivity contribution in [2.75, 3.05) is 50.5 Å². The van der Waals surface area contributed by atoms with Crippen LogP contribution in [0.15, 0.2) is 47.4 Å². The summed E-state index contributed by atoms with van der Waals surface area (Å²) in [5.74, 6) is -0.226. The molecule has 2 aromatic carbocycles. The summed E-state index contributed by atoms with van der Waals surface area (Å²) in [6, 6.07) is 11.8. The first-order valence-electron chi connectivity index (χ1n) is 9.80. The first kappa shape index (κ1) is 24.9. The fourth-order valence-electron chi connectivity index (χ4n) is 3.45. The number of halogens is 2. The number of thiazole rings is 1. The van der Waals surface area contributed by atoms with Gasteiger partial charge in [0.2, 0.25) is 0 Å². The van der Waals surface area contributed by atoms with Gasteiger partial charge in [-0.1, -0.05) is 35.1 Å². The fourth-order valence-corrected chi connectivity index (χ4v) is 5.56. The molecule has 32 heavy (non-hydrogen) atoms. The quantitative estimate of drug-likeness (QED) is 0.497. The average Bonchev–Trinajstić information content (AvgIpc) is 3.17. The van der Waals surface area contributed by atoms with E-state index in [-0.39, 0.29) is 23.2 Å². The highest BCUT2D eigenvalue weighted by Gasteiger charge is 2.24. The number of rotatable bonds is 6. The SMILES string of the molecule is CS(=O)(=O)c1cccc2sc(N(CCN3CCOCC3)C(=O)c3cccc(Cl)c3)nc12.Cl. The second-order valence-corrected chi connectivity index (χ2v) is 10.7. The number of ether oxygens (including phenoxy) is 1. The van der Waals surface area contributed by atoms with Gasteiger partial charge in [0.05, 0.1) is 22.8 Å². The van der Waals surface area contributed by atoms with E-state index in [0.29, 0.717) is 52.2 Å². The molecule has 4 rings (SSSR count). The maximum Gasteiger partial charge on any atom is 0.260 e. The fraction of sp³-hybridized carbons (Fsp3) is 0.333. The summed E-state index contributed by atoms with van der Waals surface area (Å²) < 4.78 is 30.5. The molecule has 1 amide bonds. The van der Waals surface area contributed by atoms with Crippen molar-refractivity contribution in [1.82, 2.24) is 9.88 Å². The molecule has 7 nitrogen and oxygen atoms in total. The van der Waals surface area contributed by atoms with Gasteiger partial charge >= 0.3 is 0 Å². The molecule has 1 aliphatic rings. The Balaban J connectivity index is 0.00000289. The Hall–Kier alpha value is -1.75. The number of aromatic nitrogens is 1. The van der Waals surface area contributed by atoms with Crippen LogP contribution in [0.3, 0.4) is 0 Å². The number of carbonyl (C=O) groups excluding carboxylic acids is 1. The number of benzene rings is 2. The molecular weight excluding hydrogens is 493 g/mol. The van der Waals surface area contributed by atoms with Crippen LogP contribution in [0.4, 0.5) is 5.13 Å². The summed E-state index contributed by atoms with van der Waals surface area (Å²) in [6.45, 7) is 4.01. The minimum atomic E-state index is -3.45. The van der Waals surface area contributed by atoms with Gasteiger partial charge in [-0.15, -0.1) is 12.4 Å². The molecule has 11 heteroatoms. The molecule has 3 aromatic rings. The zero-order chi connectivity index (χ0) is 22.0. The van der Waals surface area contributed by atoms with Crippen molar-refractivity contribution >= 4 is 66.4 Å². The Kier molecular flexibility index (Phi) is 8.13. The number of sulfone groups is 1. The van der Waals surface area contributed by atoms with E-state index in [9.17, 15) is 13.2 Å². The summed E-state index contributed by atoms with van der Waals surface area (Å²) in [5.41, 5.74) is 0.845. The highest BCUT2D eigenvalue weighted by molar-refractivity contribution is 7.91. The smallest absolute Gasteiger partial charge is 0.260 e. The number of hydrogen-bond acceptors (Lipinski definition) is 7. The minimum absolute atomic E-state index is 0. The van der Waals surface area contributed by atoms with Crippen LogP contribution in [0.2, 0.25) is 5.02 Å². The van der Waals surface area contributed by atoms with E-state index in [1.807, 2.05) is 6.07 Å². The summed E-state index contributed by atoms with van der Waals surface area (Å²) >= 11 is 7.40. The molecule has 0 atom stereocenters. The van der Waals surface area contributed by atoms with Gasteiger partial charge in [-0.2, -0.15) is 0 Å². The summed E-state index contributed by atoms with van der Waals surface area (Å²) in [7, 11) is -3.45. The lowest BCUT2D eigenvalue weighted by atomic mass is 10.2. The molecule has 0 saturated carbocycles. The van der Waals surface area contributed by atoms with Gasteiger partial charge in [0.25, 0.3) is 5.91 Å². The number of fused-ring (bicyclic) bond motifs is 1. The maximum absolute atomic E-state index is 13.4. The third kappa shape index (κ3) is 5.59. The van der Waals surface area contributed by atoms with Crippen LogP contribution in [0.25, 0.3) is 10.2 Å². The van der Waals surface area contributed by atoms with Crippen molar-refractivity contribution in [1.29, 1.82) is 0 Å². The summed E-state index contributed by atoms with van der Waals surface area (Å²) in [6.07, 6.45) is 1.16. The van der Waals surface area contributed by atoms with Crippen molar-refractivity contribution in [3.8, 4) is 0 Å². The average molecular weight is 516 g/mol. The van der Waals surface area contributed by atoms with Crippen LogP contribution >= 0.6 is 35.3 Å². The van der Waals surface area contributed by atoms with E-state index >= 15 is 0 Å². The molecule has 2 heterocycles. The summed E-state index contributed by atoms with van der Waals surface area (Å²) in [4.78, 5) is 22.0. The topological polar surface area (TPSA) is 79.8 Å². The lowest BCUT2D eigenvalue weighted by molar-refractivity contribution is 0.0391. The van der Waals surface area contributed by atoms with E-state index in [0.717, 1.165) is 19.3 Å². The number of hydrogen-bond donors (Lipinski definition) is 0. The van der Waals surface area contributed by atoms with Gasteiger partial charge in [0.15, 0.2) is 15.0 Å². The van der Waals surface area contributed by atoms with Crippen LogP contribution in [0.1, 0.15) is 10.4 Å². The van der Waals surface area contributed by atoms with Crippen LogP contribution in [0.5, 0.6) is 0 Å². The first-order chi connectivity index (χ1) is 14.8. The standard InChI is InChI=1S/C21H22ClN3O4S2.ClH/c1-31(27,28)18-7-3-6-17-19(18)23-21(30-17)25(9-8-24-10-12-29-13-11-24)20(26)15-4-2-5-16(22)14-15;/h2-7,14H,8-13H2,1H3;1H. The number of nitrogens with zero attached hydrogens (tertiary/aromatic N) is 3. The third-order valence-corrected chi connectivity index (χ3v) is 7.47. The molecule has 0 bridgehead atoms. The predicted molar refractivity (Wildman–Crippen MR) is 130 cm³/mol. The molecule has 1 aliphatic heterocycles. The van der Waals surface area contributed by atoms with Gasteiger partial charge < -0.3 is 4.74 Å². The van der Waals surface area contributed by atoms with Gasteiger partial charge in [-0.3, -0.25) is 14.6 Å². The Morgan fingerprint density at radius 2 is 1.94 bits per heavy atom. The van der Waals surface area contributed by atoms with Crippen molar-refractivity contribution in [3.63, 3.8) is 0 Å². The van der Waals surface area contributed by atoms with Gasteiger partial charge in [-0.25, -0.2) is 13.4 Å². The lowest BCUT2D eigenvalue weighted by Gasteiger charge is -2.29. The largest absolute Gasteiger partial charge is 0.379 e. The summed E-state index contributed by atoms with van der Waals surface area (Å²) in [5, 5.41) is 0.937. The Labute approximate surface area is 202 Å². The molecule has 0 unspecified atom stereocenters. The number of anilines is 1. The first-order valence-corrected chi connectivity index (χ1v) is 12.9. The highest BCUT2D eigenvalue weighted by Crippen LogP contribution is 2.33. The van der Waals surface area contributed by atoms with E-state index in [1.165, 1.54) is 17.4 Å². The van der Waals surface area contributed by atoms with Gasteiger partial charge in [0.1, 0.15) is 5.52 Å². The van der Waals surface area contributed by atoms with Crippen molar-refractivity contribution in [3.05, 3.63) is 53.1 Å². The maximum atomic E-state index is 13.4. The Bertz CT molecular complexity index is 1210. The van der Waals surface area contributed by atoms with E-state index in [1.54, 1.807) is 35.2 Å². The lowest BCUT2D eigenvalue weighted by Crippen LogP contribution is -2.43. The third-order valence-electron chi connectivity index (χ3n) is 5.06. The van der Waals surface area contributed by atoms with Crippen molar-refractivity contribution in [2.24, 2.45) is 0 Å². The zero-order valence-electron chi connectivity index (χ0n) is 17.4. The second kappa shape index (κ2) is 10.5. The molecule has 1 saturated heterocycles. The molecular formula is C21H23Cl2N3O4S2.